The molecule has 1 amide bonds. The number of thiocarbonyl (C=S) groups is 1. The Hall–Kier alpha value is -1.24. The first-order chi connectivity index (χ1) is 9.47. The van der Waals surface area contributed by atoms with Gasteiger partial charge in [0.05, 0.1) is 5.56 Å². The third-order valence-electron chi connectivity index (χ3n) is 2.58. The standard InChI is InChI=1S/C14H10Br2N2OS/c15-9-4-5-11(12(16)7-9)14(19)18-10-3-1-2-8(6-10)13(17)20/h1-7H,(H2,17,20)(H,18,19). The molecule has 20 heavy (non-hydrogen) atoms. The van der Waals surface area contributed by atoms with Crippen LogP contribution in [-0.4, -0.2) is 10.9 Å². The van der Waals surface area contributed by atoms with Gasteiger partial charge in [-0.2, -0.15) is 0 Å². The molecule has 0 saturated carbocycles. The summed E-state index contributed by atoms with van der Waals surface area (Å²) in [4.78, 5) is 12.5. The van der Waals surface area contributed by atoms with Gasteiger partial charge in [0.2, 0.25) is 0 Å². The lowest BCUT2D eigenvalue weighted by Crippen LogP contribution is -2.14. The van der Waals surface area contributed by atoms with Crippen molar-refractivity contribution in [2.75, 3.05) is 5.32 Å². The van der Waals surface area contributed by atoms with Crippen LogP contribution in [0.2, 0.25) is 0 Å². The predicted octanol–water partition coefficient (Wildman–Crippen LogP) is 4.10. The van der Waals surface area contributed by atoms with E-state index in [1.807, 2.05) is 12.1 Å². The van der Waals surface area contributed by atoms with Crippen molar-refractivity contribution in [3.05, 3.63) is 62.5 Å². The molecule has 0 aliphatic rings. The lowest BCUT2D eigenvalue weighted by Gasteiger charge is -2.08. The van der Waals surface area contributed by atoms with Crippen LogP contribution in [0, 0.1) is 0 Å². The molecule has 6 heteroatoms. The fraction of sp³-hybridized carbons (Fsp3) is 0. The lowest BCUT2D eigenvalue weighted by atomic mass is 10.1. The van der Waals surface area contributed by atoms with Gasteiger partial charge >= 0.3 is 0 Å². The first-order valence-corrected chi connectivity index (χ1v) is 7.63. The van der Waals surface area contributed by atoms with Crippen LogP contribution in [0.4, 0.5) is 5.69 Å². The molecule has 2 rings (SSSR count). The maximum atomic E-state index is 12.2. The van der Waals surface area contributed by atoms with Gasteiger partial charge in [0.25, 0.3) is 5.91 Å². The zero-order chi connectivity index (χ0) is 14.7. The zero-order valence-electron chi connectivity index (χ0n) is 10.2. The van der Waals surface area contributed by atoms with Gasteiger partial charge in [-0.1, -0.05) is 40.3 Å². The first kappa shape index (κ1) is 15.2. The Morgan fingerprint density at radius 3 is 2.55 bits per heavy atom. The fourth-order valence-electron chi connectivity index (χ4n) is 1.62. The van der Waals surface area contributed by atoms with Crippen molar-refractivity contribution in [1.29, 1.82) is 0 Å². The van der Waals surface area contributed by atoms with Crippen molar-refractivity contribution in [3.8, 4) is 0 Å². The number of nitrogens with one attached hydrogen (secondary N) is 1. The van der Waals surface area contributed by atoms with Crippen LogP contribution in [0.5, 0.6) is 0 Å². The van der Waals surface area contributed by atoms with Gasteiger partial charge in [-0.05, 0) is 46.3 Å². The van der Waals surface area contributed by atoms with Crippen molar-refractivity contribution in [1.82, 2.24) is 0 Å². The first-order valence-electron chi connectivity index (χ1n) is 5.63. The summed E-state index contributed by atoms with van der Waals surface area (Å²) >= 11 is 11.6. The van der Waals surface area contributed by atoms with E-state index in [-0.39, 0.29) is 5.91 Å². The topological polar surface area (TPSA) is 55.1 Å². The summed E-state index contributed by atoms with van der Waals surface area (Å²) < 4.78 is 1.62. The average molecular weight is 414 g/mol. The summed E-state index contributed by atoms with van der Waals surface area (Å²) in [6, 6.07) is 12.5. The number of anilines is 1. The molecule has 2 aromatic carbocycles. The molecule has 102 valence electrons. The Bertz CT molecular complexity index is 689. The number of rotatable bonds is 3. The number of amides is 1. The Kier molecular flexibility index (Phi) is 4.91. The third-order valence-corrected chi connectivity index (χ3v) is 3.97. The molecule has 0 atom stereocenters. The molecule has 3 N–H and O–H groups in total. The highest BCUT2D eigenvalue weighted by Gasteiger charge is 2.11. The second kappa shape index (κ2) is 6.47. The predicted molar refractivity (Wildman–Crippen MR) is 92.1 cm³/mol. The van der Waals surface area contributed by atoms with E-state index < -0.39 is 0 Å². The fourth-order valence-corrected chi connectivity index (χ4v) is 2.98. The minimum absolute atomic E-state index is 0.204. The number of carbonyl (C=O) groups excluding carboxylic acids is 1. The molecular weight excluding hydrogens is 404 g/mol. The summed E-state index contributed by atoms with van der Waals surface area (Å²) in [5.41, 5.74) is 7.48. The van der Waals surface area contributed by atoms with Crippen molar-refractivity contribution in [2.45, 2.75) is 0 Å². The maximum absolute atomic E-state index is 12.2. The molecule has 2 aromatic rings. The van der Waals surface area contributed by atoms with Gasteiger partial charge in [0.1, 0.15) is 4.99 Å². The van der Waals surface area contributed by atoms with Gasteiger partial charge < -0.3 is 11.1 Å². The van der Waals surface area contributed by atoms with Crippen molar-refractivity contribution in [2.24, 2.45) is 5.73 Å². The van der Waals surface area contributed by atoms with Crippen LogP contribution < -0.4 is 11.1 Å². The smallest absolute Gasteiger partial charge is 0.256 e. The van der Waals surface area contributed by atoms with Crippen LogP contribution in [0.25, 0.3) is 0 Å². The quantitative estimate of drug-likeness (QED) is 0.744. The molecule has 0 heterocycles. The molecule has 0 radical (unpaired) electrons. The Labute approximate surface area is 138 Å². The third kappa shape index (κ3) is 3.65. The number of nitrogens with two attached hydrogens (primary N) is 1. The summed E-state index contributed by atoms with van der Waals surface area (Å²) in [6.07, 6.45) is 0. The van der Waals surface area contributed by atoms with Crippen LogP contribution in [0.15, 0.2) is 51.4 Å². The van der Waals surface area contributed by atoms with Crippen LogP contribution in [0.3, 0.4) is 0 Å². The van der Waals surface area contributed by atoms with E-state index in [2.05, 4.69) is 37.2 Å². The van der Waals surface area contributed by atoms with E-state index in [9.17, 15) is 4.79 Å². The van der Waals surface area contributed by atoms with E-state index in [0.717, 1.165) is 8.95 Å². The Morgan fingerprint density at radius 1 is 1.15 bits per heavy atom. The molecule has 0 bridgehead atoms. The molecule has 0 spiro atoms. The maximum Gasteiger partial charge on any atom is 0.256 e. The highest BCUT2D eigenvalue weighted by Crippen LogP contribution is 2.23. The van der Waals surface area contributed by atoms with E-state index in [1.165, 1.54) is 0 Å². The number of hydrogen-bond donors (Lipinski definition) is 2. The lowest BCUT2D eigenvalue weighted by molar-refractivity contribution is 0.102. The van der Waals surface area contributed by atoms with E-state index >= 15 is 0 Å². The summed E-state index contributed by atoms with van der Waals surface area (Å²) in [7, 11) is 0. The molecule has 0 aromatic heterocycles. The SMILES string of the molecule is NC(=S)c1cccc(NC(=O)c2ccc(Br)cc2Br)c1. The molecule has 3 nitrogen and oxygen atoms in total. The second-order valence-corrected chi connectivity index (χ2v) is 6.23. The van der Waals surface area contributed by atoms with Crippen LogP contribution in [-0.2, 0) is 0 Å². The van der Waals surface area contributed by atoms with Gasteiger partial charge in [0, 0.05) is 20.2 Å². The summed E-state index contributed by atoms with van der Waals surface area (Å²) in [5, 5.41) is 2.81. The van der Waals surface area contributed by atoms with Crippen LogP contribution in [0.1, 0.15) is 15.9 Å². The monoisotopic (exact) mass is 412 g/mol. The molecule has 0 fully saturated rings. The number of carbonyl (C=O) groups is 1. The highest BCUT2D eigenvalue weighted by molar-refractivity contribution is 9.11. The van der Waals surface area contributed by atoms with Gasteiger partial charge in [-0.25, -0.2) is 0 Å². The molecule has 0 aliphatic carbocycles. The highest BCUT2D eigenvalue weighted by atomic mass is 79.9. The van der Waals surface area contributed by atoms with Gasteiger partial charge in [-0.15, -0.1) is 0 Å². The Balaban J connectivity index is 2.23. The largest absolute Gasteiger partial charge is 0.389 e. The number of benzene rings is 2. The second-order valence-electron chi connectivity index (χ2n) is 4.02. The zero-order valence-corrected chi connectivity index (χ0v) is 14.2. The van der Waals surface area contributed by atoms with E-state index in [0.29, 0.717) is 21.8 Å². The molecule has 0 unspecified atom stereocenters. The van der Waals surface area contributed by atoms with Gasteiger partial charge in [0.15, 0.2) is 0 Å². The van der Waals surface area contributed by atoms with Crippen LogP contribution >= 0.6 is 44.1 Å². The molecular formula is C14H10Br2N2OS. The minimum Gasteiger partial charge on any atom is -0.389 e. The molecule has 0 saturated heterocycles. The normalized spacial score (nSPS) is 10.1. The van der Waals surface area contributed by atoms with Crippen molar-refractivity contribution < 1.29 is 4.79 Å². The average Bonchev–Trinajstić information content (AvgIpc) is 2.38. The number of hydrogen-bond acceptors (Lipinski definition) is 2. The summed E-state index contributed by atoms with van der Waals surface area (Å²) in [6.45, 7) is 0. The van der Waals surface area contributed by atoms with Crippen molar-refractivity contribution in [3.63, 3.8) is 0 Å². The van der Waals surface area contributed by atoms with Gasteiger partial charge in [-0.3, -0.25) is 4.79 Å². The minimum atomic E-state index is -0.204. The molecule has 0 aliphatic heterocycles. The Morgan fingerprint density at radius 2 is 1.90 bits per heavy atom. The van der Waals surface area contributed by atoms with E-state index in [4.69, 9.17) is 18.0 Å². The van der Waals surface area contributed by atoms with E-state index in [1.54, 1.807) is 30.3 Å². The summed E-state index contributed by atoms with van der Waals surface area (Å²) in [5.74, 6) is -0.204. The van der Waals surface area contributed by atoms with Crippen molar-refractivity contribution >= 4 is 60.7 Å². The number of halogens is 2.